The van der Waals surface area contributed by atoms with Crippen molar-refractivity contribution in [2.24, 2.45) is 11.8 Å². The van der Waals surface area contributed by atoms with Crippen LogP contribution in [0.4, 0.5) is 13.2 Å². The van der Waals surface area contributed by atoms with Gasteiger partial charge in [-0.3, -0.25) is 9.69 Å². The molecular weight excluding hydrogens is 397 g/mol. The number of aliphatic carboxylic acids is 1. The molecule has 0 bridgehead atoms. The lowest BCUT2D eigenvalue weighted by molar-refractivity contribution is -0.192. The van der Waals surface area contributed by atoms with Gasteiger partial charge in [0.1, 0.15) is 0 Å². The lowest BCUT2D eigenvalue weighted by Crippen LogP contribution is -2.45. The minimum absolute atomic E-state index is 0.269. The number of amides is 1. The smallest absolute Gasteiger partial charge is 0.475 e. The zero-order chi connectivity index (χ0) is 20.3. The van der Waals surface area contributed by atoms with E-state index in [0.717, 1.165) is 39.1 Å². The standard InChI is InChI=1S/C16H22N2O2S.C2HF3O2/c19-16(11-3-1-4-11)17-14-8-18(7-12-5-2-6-21-12)15-10-20-9-13(14)15;3-2(4,5)1(6)7/h2,5-6,11,13-15H,1,3-4,7-10H2,(H,17,19);(H,6,7)/t13-,14-,15-;/m1./s1. The molecule has 3 atom stereocenters. The van der Waals surface area contributed by atoms with E-state index in [1.807, 2.05) is 0 Å². The van der Waals surface area contributed by atoms with E-state index in [1.165, 1.54) is 11.3 Å². The molecular formula is C18H23F3N2O4S. The maximum atomic E-state index is 12.2. The molecule has 10 heteroatoms. The minimum Gasteiger partial charge on any atom is -0.475 e. The first-order valence-electron chi connectivity index (χ1n) is 9.20. The maximum absolute atomic E-state index is 12.2. The zero-order valence-electron chi connectivity index (χ0n) is 15.2. The Bertz CT molecular complexity index is 679. The molecule has 2 N–H and O–H groups in total. The third kappa shape index (κ3) is 5.03. The fraction of sp³-hybridized carbons (Fsp3) is 0.667. The number of hydrogen-bond donors (Lipinski definition) is 2. The fourth-order valence-corrected chi connectivity index (χ4v) is 4.48. The highest BCUT2D eigenvalue weighted by Gasteiger charge is 2.46. The molecule has 4 rings (SSSR count). The van der Waals surface area contributed by atoms with Gasteiger partial charge in [0.2, 0.25) is 5.91 Å². The van der Waals surface area contributed by atoms with Crippen LogP contribution in [0.1, 0.15) is 24.1 Å². The van der Waals surface area contributed by atoms with Gasteiger partial charge in [-0.05, 0) is 24.3 Å². The normalized spacial score (nSPS) is 27.5. The van der Waals surface area contributed by atoms with Gasteiger partial charge in [0.25, 0.3) is 0 Å². The Hall–Kier alpha value is -1.65. The molecule has 0 spiro atoms. The van der Waals surface area contributed by atoms with Crippen molar-refractivity contribution >= 4 is 23.2 Å². The van der Waals surface area contributed by atoms with E-state index < -0.39 is 12.1 Å². The van der Waals surface area contributed by atoms with Crippen molar-refractivity contribution < 1.29 is 32.6 Å². The van der Waals surface area contributed by atoms with Gasteiger partial charge >= 0.3 is 12.1 Å². The number of thiophene rings is 1. The van der Waals surface area contributed by atoms with Gasteiger partial charge in [0.15, 0.2) is 0 Å². The molecule has 28 heavy (non-hydrogen) atoms. The predicted molar refractivity (Wildman–Crippen MR) is 95.8 cm³/mol. The van der Waals surface area contributed by atoms with E-state index in [9.17, 15) is 18.0 Å². The molecule has 1 amide bonds. The molecule has 0 radical (unpaired) electrons. The summed E-state index contributed by atoms with van der Waals surface area (Å²) < 4.78 is 37.4. The summed E-state index contributed by atoms with van der Waals surface area (Å²) in [6, 6.07) is 5.04. The molecule has 3 aliphatic rings. The summed E-state index contributed by atoms with van der Waals surface area (Å²) in [5.74, 6) is -1.74. The van der Waals surface area contributed by atoms with Gasteiger partial charge in [-0.15, -0.1) is 11.3 Å². The fourth-order valence-electron chi connectivity index (χ4n) is 3.75. The number of alkyl halides is 3. The van der Waals surface area contributed by atoms with Crippen LogP contribution in [0.25, 0.3) is 0 Å². The number of halogens is 3. The number of carboxylic acids is 1. The molecule has 3 fully saturated rings. The molecule has 2 saturated heterocycles. The van der Waals surface area contributed by atoms with E-state index in [4.69, 9.17) is 14.6 Å². The molecule has 2 aliphatic heterocycles. The minimum atomic E-state index is -5.08. The van der Waals surface area contributed by atoms with Gasteiger partial charge in [0, 0.05) is 41.9 Å². The number of carbonyl (C=O) groups excluding carboxylic acids is 1. The zero-order valence-corrected chi connectivity index (χ0v) is 16.0. The largest absolute Gasteiger partial charge is 0.490 e. The first-order valence-corrected chi connectivity index (χ1v) is 10.1. The van der Waals surface area contributed by atoms with Crippen LogP contribution in [-0.2, 0) is 20.9 Å². The molecule has 3 heterocycles. The van der Waals surface area contributed by atoms with Crippen LogP contribution >= 0.6 is 11.3 Å². The van der Waals surface area contributed by atoms with Gasteiger partial charge in [-0.2, -0.15) is 13.2 Å². The van der Waals surface area contributed by atoms with Crippen molar-refractivity contribution in [3.63, 3.8) is 0 Å². The average Bonchev–Trinajstić information content (AvgIpc) is 3.27. The molecule has 0 unspecified atom stereocenters. The summed E-state index contributed by atoms with van der Waals surface area (Å²) in [6.45, 7) is 3.56. The Morgan fingerprint density at radius 1 is 1.32 bits per heavy atom. The Morgan fingerprint density at radius 3 is 2.57 bits per heavy atom. The van der Waals surface area contributed by atoms with Crippen molar-refractivity contribution in [3.05, 3.63) is 22.4 Å². The lowest BCUT2D eigenvalue weighted by atomic mass is 9.84. The van der Waals surface area contributed by atoms with E-state index in [1.54, 1.807) is 11.3 Å². The average molecular weight is 420 g/mol. The Kier molecular flexibility index (Phi) is 6.61. The summed E-state index contributed by atoms with van der Waals surface area (Å²) >= 11 is 1.81. The Labute approximate surface area is 164 Å². The van der Waals surface area contributed by atoms with Crippen LogP contribution in [0.3, 0.4) is 0 Å². The van der Waals surface area contributed by atoms with Crippen LogP contribution in [-0.4, -0.2) is 59.9 Å². The lowest BCUT2D eigenvalue weighted by Gasteiger charge is -2.27. The van der Waals surface area contributed by atoms with Gasteiger partial charge < -0.3 is 15.2 Å². The van der Waals surface area contributed by atoms with Crippen LogP contribution in [0.15, 0.2) is 17.5 Å². The van der Waals surface area contributed by atoms with Crippen LogP contribution in [0.2, 0.25) is 0 Å². The number of rotatable bonds is 4. The third-order valence-corrected chi connectivity index (χ3v) is 6.36. The third-order valence-electron chi connectivity index (χ3n) is 5.50. The van der Waals surface area contributed by atoms with Gasteiger partial charge in [-0.1, -0.05) is 12.5 Å². The number of hydrogen-bond acceptors (Lipinski definition) is 5. The Morgan fingerprint density at radius 2 is 2.04 bits per heavy atom. The molecule has 1 aromatic rings. The highest BCUT2D eigenvalue weighted by Crippen LogP contribution is 2.33. The van der Waals surface area contributed by atoms with Crippen LogP contribution in [0.5, 0.6) is 0 Å². The Balaban J connectivity index is 0.000000279. The van der Waals surface area contributed by atoms with Gasteiger partial charge in [-0.25, -0.2) is 4.79 Å². The predicted octanol–water partition coefficient (Wildman–Crippen LogP) is 2.50. The second-order valence-corrected chi connectivity index (χ2v) is 8.36. The van der Waals surface area contributed by atoms with E-state index in [2.05, 4.69) is 27.7 Å². The summed E-state index contributed by atoms with van der Waals surface area (Å²) in [5, 5.41) is 12.6. The quantitative estimate of drug-likeness (QED) is 0.783. The number of carboxylic acid groups (broad SMARTS) is 1. The van der Waals surface area contributed by atoms with Crippen molar-refractivity contribution in [2.75, 3.05) is 19.8 Å². The summed E-state index contributed by atoms with van der Waals surface area (Å²) in [6.07, 6.45) is -1.73. The van der Waals surface area contributed by atoms with Gasteiger partial charge in [0.05, 0.1) is 13.2 Å². The SMILES string of the molecule is O=C(N[C@@H]1CN(Cc2cccs2)[C@@H]2COC[C@@H]21)C1CCC1.O=C(O)C(F)(F)F. The second-order valence-electron chi connectivity index (χ2n) is 7.32. The van der Waals surface area contributed by atoms with Crippen molar-refractivity contribution in [1.82, 2.24) is 10.2 Å². The van der Waals surface area contributed by atoms with Crippen molar-refractivity contribution in [1.29, 1.82) is 0 Å². The number of nitrogens with one attached hydrogen (secondary N) is 1. The number of nitrogens with zero attached hydrogens (tertiary/aromatic N) is 1. The first kappa shape index (κ1) is 21.1. The first-order chi connectivity index (χ1) is 13.3. The summed E-state index contributed by atoms with van der Waals surface area (Å²) in [4.78, 5) is 25.0. The van der Waals surface area contributed by atoms with Crippen molar-refractivity contribution in [3.8, 4) is 0 Å². The molecule has 156 valence electrons. The number of carbonyl (C=O) groups is 2. The van der Waals surface area contributed by atoms with E-state index >= 15 is 0 Å². The highest BCUT2D eigenvalue weighted by molar-refractivity contribution is 7.09. The van der Waals surface area contributed by atoms with Crippen LogP contribution in [0, 0.1) is 11.8 Å². The number of fused-ring (bicyclic) bond motifs is 1. The second kappa shape index (κ2) is 8.79. The molecule has 1 saturated carbocycles. The molecule has 0 aromatic carbocycles. The molecule has 6 nitrogen and oxygen atoms in total. The molecule has 1 aromatic heterocycles. The number of ether oxygens (including phenoxy) is 1. The number of likely N-dealkylation sites (tertiary alicyclic amines) is 1. The van der Waals surface area contributed by atoms with Crippen molar-refractivity contribution in [2.45, 2.75) is 44.1 Å². The maximum Gasteiger partial charge on any atom is 0.490 e. The topological polar surface area (TPSA) is 78.9 Å². The van der Waals surface area contributed by atoms with E-state index in [0.29, 0.717) is 12.0 Å². The van der Waals surface area contributed by atoms with E-state index in [-0.39, 0.29) is 17.9 Å². The van der Waals surface area contributed by atoms with Crippen LogP contribution < -0.4 is 5.32 Å². The monoisotopic (exact) mass is 420 g/mol. The highest BCUT2D eigenvalue weighted by atomic mass is 32.1. The molecule has 1 aliphatic carbocycles. The summed E-state index contributed by atoms with van der Waals surface area (Å²) in [7, 11) is 0. The summed E-state index contributed by atoms with van der Waals surface area (Å²) in [5.41, 5.74) is 0.